The molecular formula is C16H25N7O8. The van der Waals surface area contributed by atoms with Gasteiger partial charge in [-0.05, 0) is 13.1 Å². The van der Waals surface area contributed by atoms with Gasteiger partial charge in [0.2, 0.25) is 17.7 Å². The summed E-state index contributed by atoms with van der Waals surface area (Å²) >= 11 is 0. The maximum absolute atomic E-state index is 12.5. The van der Waals surface area contributed by atoms with Crippen LogP contribution in [-0.4, -0.2) is 93.2 Å². The number of nitrogens with one attached hydrogen (secondary N) is 3. The van der Waals surface area contributed by atoms with Gasteiger partial charge < -0.3 is 47.5 Å². The number of nitrogens with zero attached hydrogens (tertiary/aromatic N) is 2. The van der Waals surface area contributed by atoms with Gasteiger partial charge in [-0.15, -0.1) is 0 Å². The molecule has 10 N–H and O–H groups in total. The number of carbonyl (C=O) groups is 3. The zero-order chi connectivity index (χ0) is 23.3. The van der Waals surface area contributed by atoms with Crippen molar-refractivity contribution in [1.29, 1.82) is 0 Å². The Bertz CT molecular complexity index is 878. The van der Waals surface area contributed by atoms with Crippen LogP contribution < -0.4 is 33.1 Å². The minimum atomic E-state index is -1.82. The summed E-state index contributed by atoms with van der Waals surface area (Å²) in [4.78, 5) is 51.6. The number of hydrogen-bond acceptors (Lipinski definition) is 11. The highest BCUT2D eigenvalue weighted by Crippen LogP contribution is 2.27. The third-order valence-corrected chi connectivity index (χ3v) is 4.51. The number of anilines is 1. The Balaban J connectivity index is 2.24. The topological polar surface area (TPSA) is 244 Å². The molecule has 31 heavy (non-hydrogen) atoms. The van der Waals surface area contributed by atoms with E-state index in [0.717, 1.165) is 10.8 Å². The number of aromatic nitrogens is 2. The first-order chi connectivity index (χ1) is 14.6. The number of likely N-dealkylation sites (N-methyl/N-ethyl adjacent to an activating group) is 1. The molecule has 0 bridgehead atoms. The first-order valence-electron chi connectivity index (χ1n) is 9.11. The largest absolute Gasteiger partial charge is 0.394 e. The molecule has 1 aliphatic rings. The molecule has 2 heterocycles. The molecule has 0 aromatic carbocycles. The highest BCUT2D eigenvalue weighted by atomic mass is 16.5. The summed E-state index contributed by atoms with van der Waals surface area (Å²) in [5.41, 5.74) is 9.81. The van der Waals surface area contributed by atoms with Crippen molar-refractivity contribution in [3.05, 3.63) is 22.7 Å². The number of nitrogen functional groups attached to an aromatic ring is 1. The fourth-order valence-electron chi connectivity index (χ4n) is 3.00. The van der Waals surface area contributed by atoms with Gasteiger partial charge in [-0.1, -0.05) is 0 Å². The second-order valence-corrected chi connectivity index (χ2v) is 6.74. The molecule has 0 radical (unpaired) electrons. The molecule has 172 valence electrons. The van der Waals surface area contributed by atoms with Crippen molar-refractivity contribution >= 4 is 23.5 Å². The Kier molecular flexibility index (Phi) is 8.01. The molecule has 2 rings (SSSR count). The van der Waals surface area contributed by atoms with E-state index in [2.05, 4.69) is 20.9 Å². The summed E-state index contributed by atoms with van der Waals surface area (Å²) in [6.45, 7) is -0.919. The van der Waals surface area contributed by atoms with Crippen LogP contribution in [0.5, 0.6) is 0 Å². The number of aliphatic hydroxyl groups is 3. The van der Waals surface area contributed by atoms with E-state index in [1.165, 1.54) is 13.1 Å². The highest BCUT2D eigenvalue weighted by molar-refractivity contribution is 5.89. The van der Waals surface area contributed by atoms with E-state index in [9.17, 15) is 34.5 Å². The summed E-state index contributed by atoms with van der Waals surface area (Å²) in [5, 5.41) is 37.4. The first kappa shape index (κ1) is 24.2. The lowest BCUT2D eigenvalue weighted by Crippen LogP contribution is -2.67. The van der Waals surface area contributed by atoms with Gasteiger partial charge in [0.05, 0.1) is 19.2 Å². The molecule has 15 nitrogen and oxygen atoms in total. The van der Waals surface area contributed by atoms with Crippen LogP contribution in [0, 0.1) is 0 Å². The van der Waals surface area contributed by atoms with E-state index in [1.807, 2.05) is 0 Å². The molecule has 3 amide bonds. The van der Waals surface area contributed by atoms with Crippen molar-refractivity contribution in [2.75, 3.05) is 25.9 Å². The van der Waals surface area contributed by atoms with Crippen molar-refractivity contribution in [1.82, 2.24) is 25.5 Å². The monoisotopic (exact) mass is 443 g/mol. The van der Waals surface area contributed by atoms with Gasteiger partial charge in [-0.2, -0.15) is 4.98 Å². The van der Waals surface area contributed by atoms with Crippen molar-refractivity contribution in [2.24, 2.45) is 5.73 Å². The second kappa shape index (κ2) is 10.3. The lowest BCUT2D eigenvalue weighted by molar-refractivity contribution is -0.212. The Morgan fingerprint density at radius 3 is 2.55 bits per heavy atom. The minimum Gasteiger partial charge on any atom is -0.394 e. The number of ether oxygens (including phenoxy) is 1. The van der Waals surface area contributed by atoms with Crippen molar-refractivity contribution in [3.8, 4) is 0 Å². The number of amides is 3. The van der Waals surface area contributed by atoms with Crippen LogP contribution in [0.4, 0.5) is 5.82 Å². The van der Waals surface area contributed by atoms with Gasteiger partial charge in [-0.25, -0.2) is 4.79 Å². The molecule has 1 aromatic heterocycles. The van der Waals surface area contributed by atoms with E-state index >= 15 is 0 Å². The normalized spacial score (nSPS) is 26.6. The number of hydrogen-bond donors (Lipinski definition) is 8. The molecule has 1 saturated heterocycles. The number of primary amides is 1. The van der Waals surface area contributed by atoms with E-state index in [0.29, 0.717) is 0 Å². The maximum atomic E-state index is 12.5. The smallest absolute Gasteiger partial charge is 0.351 e. The SMILES string of the molecule is CNCC(=O)N[C@@H](CO)C(=O)N[C@H]1[C@H](O)[C@@H](O)C(n2ccc(N)nc2=O)O[C@@H]1C(N)=O. The summed E-state index contributed by atoms with van der Waals surface area (Å²) in [5.74, 6) is -2.78. The molecule has 0 aliphatic carbocycles. The van der Waals surface area contributed by atoms with E-state index in [-0.39, 0.29) is 12.4 Å². The highest BCUT2D eigenvalue weighted by Gasteiger charge is 2.49. The molecule has 1 unspecified atom stereocenters. The zero-order valence-electron chi connectivity index (χ0n) is 16.5. The van der Waals surface area contributed by atoms with Crippen molar-refractivity contribution < 1.29 is 34.4 Å². The number of carbonyl (C=O) groups excluding carboxylic acids is 3. The summed E-state index contributed by atoms with van der Waals surface area (Å²) in [7, 11) is 1.50. The molecule has 0 saturated carbocycles. The molecule has 1 aliphatic heterocycles. The fourth-order valence-corrected chi connectivity index (χ4v) is 3.00. The third-order valence-electron chi connectivity index (χ3n) is 4.51. The summed E-state index contributed by atoms with van der Waals surface area (Å²) in [6, 6.07) is -1.74. The number of nitrogens with two attached hydrogens (primary N) is 2. The van der Waals surface area contributed by atoms with Gasteiger partial charge in [0, 0.05) is 6.20 Å². The Labute approximate surface area is 175 Å². The van der Waals surface area contributed by atoms with Crippen LogP contribution in [0.3, 0.4) is 0 Å². The van der Waals surface area contributed by atoms with E-state index < -0.39 is 66.6 Å². The zero-order valence-corrected chi connectivity index (χ0v) is 16.5. The Morgan fingerprint density at radius 2 is 2.00 bits per heavy atom. The van der Waals surface area contributed by atoms with Crippen LogP contribution in [0.2, 0.25) is 0 Å². The number of aliphatic hydroxyl groups excluding tert-OH is 3. The molecule has 0 spiro atoms. The van der Waals surface area contributed by atoms with Crippen LogP contribution in [0.25, 0.3) is 0 Å². The maximum Gasteiger partial charge on any atom is 0.351 e. The van der Waals surface area contributed by atoms with Crippen LogP contribution >= 0.6 is 0 Å². The summed E-state index contributed by atoms with van der Waals surface area (Å²) < 4.78 is 6.21. The molecule has 1 aromatic rings. The van der Waals surface area contributed by atoms with E-state index in [4.69, 9.17) is 16.2 Å². The quantitative estimate of drug-likeness (QED) is 0.188. The lowest BCUT2D eigenvalue weighted by atomic mass is 9.94. The van der Waals surface area contributed by atoms with Gasteiger partial charge in [-0.3, -0.25) is 19.0 Å². The van der Waals surface area contributed by atoms with E-state index in [1.54, 1.807) is 0 Å². The molecular weight excluding hydrogens is 418 g/mol. The third kappa shape index (κ3) is 5.53. The fraction of sp³-hybridized carbons (Fsp3) is 0.562. The average Bonchev–Trinajstić information content (AvgIpc) is 2.70. The standard InChI is InChI=1S/C16H25N7O8/c1-19-4-8(25)20-6(5-24)14(29)22-9-10(26)11(27)15(31-12(9)13(18)28)23-3-2-7(17)21-16(23)30/h2-3,6,9-12,15,19,24,26-27H,4-5H2,1H3,(H2,18,28)(H,20,25)(H,22,29)(H2,17,21,30)/t6-,9-,10-,11+,12-,15?/m0/s1. The average molecular weight is 443 g/mol. The van der Waals surface area contributed by atoms with Gasteiger partial charge >= 0.3 is 5.69 Å². The first-order valence-corrected chi connectivity index (χ1v) is 9.11. The Hall–Kier alpha value is -3.11. The predicted octanol–water partition coefficient (Wildman–Crippen LogP) is -5.89. The molecule has 6 atom stereocenters. The van der Waals surface area contributed by atoms with Gasteiger partial charge in [0.15, 0.2) is 12.3 Å². The summed E-state index contributed by atoms with van der Waals surface area (Å²) in [6.07, 6.45) is -5.72. The Morgan fingerprint density at radius 1 is 1.32 bits per heavy atom. The van der Waals surface area contributed by atoms with Crippen molar-refractivity contribution in [2.45, 2.75) is 36.6 Å². The predicted molar refractivity (Wildman–Crippen MR) is 103 cm³/mol. The van der Waals surface area contributed by atoms with Crippen molar-refractivity contribution in [3.63, 3.8) is 0 Å². The lowest BCUT2D eigenvalue weighted by Gasteiger charge is -2.42. The van der Waals surface area contributed by atoms with Crippen LogP contribution in [-0.2, 0) is 19.1 Å². The van der Waals surface area contributed by atoms with Crippen LogP contribution in [0.1, 0.15) is 6.23 Å². The minimum absolute atomic E-state index is 0.0981. The number of rotatable bonds is 8. The molecule has 1 fully saturated rings. The van der Waals surface area contributed by atoms with Gasteiger partial charge in [0.25, 0.3) is 0 Å². The second-order valence-electron chi connectivity index (χ2n) is 6.74. The van der Waals surface area contributed by atoms with Crippen LogP contribution in [0.15, 0.2) is 17.1 Å². The van der Waals surface area contributed by atoms with Gasteiger partial charge in [0.1, 0.15) is 24.1 Å². The molecule has 15 heteroatoms.